The van der Waals surface area contributed by atoms with E-state index in [4.69, 9.17) is 9.47 Å². The molecule has 0 aliphatic carbocycles. The standard InChI is InChI=1S/C21H30N2O4/c1-17-7-9-18(10-8-17)26-15-3-6-20(24)22-11-4-12-23(14-13-22)21(25)19-5-2-16-27-19/h7-10,19H,2-6,11-16H2,1H3. The Labute approximate surface area is 161 Å². The minimum atomic E-state index is -0.272. The minimum Gasteiger partial charge on any atom is -0.494 e. The second-order valence-electron chi connectivity index (χ2n) is 7.33. The second kappa shape index (κ2) is 9.74. The predicted octanol–water partition coefficient (Wildman–Crippen LogP) is 2.39. The number of ether oxygens (including phenoxy) is 2. The van der Waals surface area contributed by atoms with Gasteiger partial charge in [0.05, 0.1) is 6.61 Å². The highest BCUT2D eigenvalue weighted by molar-refractivity contribution is 5.81. The summed E-state index contributed by atoms with van der Waals surface area (Å²) in [6.45, 7) is 5.89. The van der Waals surface area contributed by atoms with Crippen LogP contribution in [-0.2, 0) is 14.3 Å². The van der Waals surface area contributed by atoms with Gasteiger partial charge in [-0.2, -0.15) is 0 Å². The van der Waals surface area contributed by atoms with Crippen LogP contribution in [0.1, 0.15) is 37.7 Å². The van der Waals surface area contributed by atoms with Crippen molar-refractivity contribution in [3.05, 3.63) is 29.8 Å². The van der Waals surface area contributed by atoms with Gasteiger partial charge in [-0.25, -0.2) is 0 Å². The van der Waals surface area contributed by atoms with E-state index in [-0.39, 0.29) is 17.9 Å². The van der Waals surface area contributed by atoms with Gasteiger partial charge in [-0.05, 0) is 44.7 Å². The van der Waals surface area contributed by atoms with E-state index in [1.807, 2.05) is 41.0 Å². The first-order valence-corrected chi connectivity index (χ1v) is 10.0. The zero-order chi connectivity index (χ0) is 19.1. The van der Waals surface area contributed by atoms with Crippen LogP contribution in [0.2, 0.25) is 0 Å². The Hall–Kier alpha value is -2.08. The van der Waals surface area contributed by atoms with Crippen LogP contribution in [0.25, 0.3) is 0 Å². The molecule has 1 aromatic rings. The molecule has 2 aliphatic rings. The lowest BCUT2D eigenvalue weighted by Crippen LogP contribution is -2.41. The van der Waals surface area contributed by atoms with Gasteiger partial charge in [-0.1, -0.05) is 17.7 Å². The van der Waals surface area contributed by atoms with Crippen molar-refractivity contribution >= 4 is 11.8 Å². The molecule has 6 nitrogen and oxygen atoms in total. The predicted molar refractivity (Wildman–Crippen MR) is 103 cm³/mol. The van der Waals surface area contributed by atoms with Gasteiger partial charge >= 0.3 is 0 Å². The SMILES string of the molecule is Cc1ccc(OCCCC(=O)N2CCCN(C(=O)C3CCCO3)CC2)cc1. The maximum absolute atomic E-state index is 12.5. The molecule has 2 fully saturated rings. The second-order valence-corrected chi connectivity index (χ2v) is 7.33. The molecule has 0 saturated carbocycles. The molecular weight excluding hydrogens is 344 g/mol. The zero-order valence-corrected chi connectivity index (χ0v) is 16.2. The Balaban J connectivity index is 1.37. The number of carbonyl (C=O) groups is 2. The number of amides is 2. The first-order valence-electron chi connectivity index (χ1n) is 10.0. The summed E-state index contributed by atoms with van der Waals surface area (Å²) in [5, 5.41) is 0. The highest BCUT2D eigenvalue weighted by atomic mass is 16.5. The molecule has 3 rings (SSSR count). The monoisotopic (exact) mass is 374 g/mol. The van der Waals surface area contributed by atoms with Crippen LogP contribution in [0.15, 0.2) is 24.3 Å². The molecule has 27 heavy (non-hydrogen) atoms. The topological polar surface area (TPSA) is 59.1 Å². The number of rotatable bonds is 6. The quantitative estimate of drug-likeness (QED) is 0.718. The van der Waals surface area contributed by atoms with Gasteiger partial charge in [-0.3, -0.25) is 9.59 Å². The summed E-state index contributed by atoms with van der Waals surface area (Å²) in [7, 11) is 0. The fraction of sp³-hybridized carbons (Fsp3) is 0.619. The van der Waals surface area contributed by atoms with Crippen molar-refractivity contribution in [3.63, 3.8) is 0 Å². The molecule has 2 aliphatic heterocycles. The van der Waals surface area contributed by atoms with Crippen LogP contribution < -0.4 is 4.74 Å². The first-order chi connectivity index (χ1) is 13.1. The molecule has 2 heterocycles. The van der Waals surface area contributed by atoms with Gasteiger partial charge in [0.1, 0.15) is 11.9 Å². The first kappa shape index (κ1) is 19.7. The Bertz CT molecular complexity index is 626. The number of benzene rings is 1. The average molecular weight is 374 g/mol. The maximum atomic E-state index is 12.5. The molecule has 0 spiro atoms. The molecule has 6 heteroatoms. The van der Waals surface area contributed by atoms with Crippen molar-refractivity contribution in [1.29, 1.82) is 0 Å². The lowest BCUT2D eigenvalue weighted by Gasteiger charge is -2.24. The summed E-state index contributed by atoms with van der Waals surface area (Å²) in [6.07, 6.45) is 3.50. The largest absolute Gasteiger partial charge is 0.494 e. The van der Waals surface area contributed by atoms with Gasteiger partial charge in [0.15, 0.2) is 0 Å². The normalized spacial score (nSPS) is 20.4. The smallest absolute Gasteiger partial charge is 0.251 e. The lowest BCUT2D eigenvalue weighted by atomic mass is 10.2. The van der Waals surface area contributed by atoms with E-state index in [1.165, 1.54) is 5.56 Å². The number of hydrogen-bond donors (Lipinski definition) is 0. The summed E-state index contributed by atoms with van der Waals surface area (Å²) in [5.41, 5.74) is 1.20. The van der Waals surface area contributed by atoms with Crippen LogP contribution in [0.4, 0.5) is 0 Å². The zero-order valence-electron chi connectivity index (χ0n) is 16.2. The van der Waals surface area contributed by atoms with Gasteiger partial charge < -0.3 is 19.3 Å². The highest BCUT2D eigenvalue weighted by Gasteiger charge is 2.29. The molecule has 0 bridgehead atoms. The summed E-state index contributed by atoms with van der Waals surface area (Å²) >= 11 is 0. The number of carbonyl (C=O) groups excluding carboxylic acids is 2. The molecule has 2 amide bonds. The van der Waals surface area contributed by atoms with Crippen molar-refractivity contribution in [3.8, 4) is 5.75 Å². The maximum Gasteiger partial charge on any atom is 0.251 e. The van der Waals surface area contributed by atoms with Crippen LogP contribution in [0, 0.1) is 6.92 Å². The molecular formula is C21H30N2O4. The van der Waals surface area contributed by atoms with Crippen molar-refractivity contribution < 1.29 is 19.1 Å². The van der Waals surface area contributed by atoms with Gasteiger partial charge in [0.25, 0.3) is 5.91 Å². The van der Waals surface area contributed by atoms with E-state index in [1.54, 1.807) is 0 Å². The number of hydrogen-bond acceptors (Lipinski definition) is 4. The van der Waals surface area contributed by atoms with Crippen LogP contribution in [0.5, 0.6) is 5.75 Å². The van der Waals surface area contributed by atoms with E-state index in [9.17, 15) is 9.59 Å². The molecule has 0 radical (unpaired) electrons. The van der Waals surface area contributed by atoms with Crippen LogP contribution in [0.3, 0.4) is 0 Å². The molecule has 148 valence electrons. The van der Waals surface area contributed by atoms with E-state index >= 15 is 0 Å². The Morgan fingerprint density at radius 1 is 1.07 bits per heavy atom. The molecule has 2 saturated heterocycles. The minimum absolute atomic E-state index is 0.0910. The molecule has 1 atom stereocenters. The Kier molecular flexibility index (Phi) is 7.10. The lowest BCUT2D eigenvalue weighted by molar-refractivity contribution is -0.141. The van der Waals surface area contributed by atoms with Crippen molar-refractivity contribution in [2.45, 2.75) is 45.1 Å². The van der Waals surface area contributed by atoms with Gasteiger partial charge in [-0.15, -0.1) is 0 Å². The third-order valence-corrected chi connectivity index (χ3v) is 5.19. The van der Waals surface area contributed by atoms with E-state index < -0.39 is 0 Å². The summed E-state index contributed by atoms with van der Waals surface area (Å²) in [4.78, 5) is 28.7. The Morgan fingerprint density at radius 2 is 1.81 bits per heavy atom. The van der Waals surface area contributed by atoms with Crippen molar-refractivity contribution in [1.82, 2.24) is 9.80 Å². The fourth-order valence-electron chi connectivity index (χ4n) is 3.57. The Morgan fingerprint density at radius 3 is 2.56 bits per heavy atom. The van der Waals surface area contributed by atoms with E-state index in [2.05, 4.69) is 0 Å². The molecule has 1 aromatic carbocycles. The highest BCUT2D eigenvalue weighted by Crippen LogP contribution is 2.17. The van der Waals surface area contributed by atoms with Gasteiger partial charge in [0, 0.05) is 39.2 Å². The molecule has 1 unspecified atom stereocenters. The fourth-order valence-corrected chi connectivity index (χ4v) is 3.57. The summed E-state index contributed by atoms with van der Waals surface area (Å²) in [6, 6.07) is 7.93. The number of aryl methyl sites for hydroxylation is 1. The van der Waals surface area contributed by atoms with E-state index in [0.29, 0.717) is 52.2 Å². The third-order valence-electron chi connectivity index (χ3n) is 5.19. The van der Waals surface area contributed by atoms with Crippen LogP contribution >= 0.6 is 0 Å². The molecule has 0 aromatic heterocycles. The van der Waals surface area contributed by atoms with Crippen molar-refractivity contribution in [2.75, 3.05) is 39.4 Å². The van der Waals surface area contributed by atoms with Crippen molar-refractivity contribution in [2.24, 2.45) is 0 Å². The number of nitrogens with zero attached hydrogens (tertiary/aromatic N) is 2. The van der Waals surface area contributed by atoms with Gasteiger partial charge in [0.2, 0.25) is 5.91 Å². The van der Waals surface area contributed by atoms with Crippen LogP contribution in [-0.4, -0.2) is 67.1 Å². The summed E-state index contributed by atoms with van der Waals surface area (Å²) < 4.78 is 11.2. The van der Waals surface area contributed by atoms with E-state index in [0.717, 1.165) is 25.0 Å². The summed E-state index contributed by atoms with van der Waals surface area (Å²) in [5.74, 6) is 1.08. The molecule has 0 N–H and O–H groups in total. The third kappa shape index (κ3) is 5.70. The average Bonchev–Trinajstić information content (AvgIpc) is 3.10.